The summed E-state index contributed by atoms with van der Waals surface area (Å²) >= 11 is 5.90. The Labute approximate surface area is 114 Å². The fourth-order valence-corrected chi connectivity index (χ4v) is 2.67. The predicted octanol–water partition coefficient (Wildman–Crippen LogP) is 4.28. The molecule has 0 fully saturated rings. The molecule has 98 valence electrons. The highest BCUT2D eigenvalue weighted by molar-refractivity contribution is 6.30. The van der Waals surface area contributed by atoms with E-state index in [9.17, 15) is 0 Å². The van der Waals surface area contributed by atoms with E-state index in [-0.39, 0.29) is 6.04 Å². The molecule has 1 N–H and O–H groups in total. The summed E-state index contributed by atoms with van der Waals surface area (Å²) in [7, 11) is 2.00. The summed E-state index contributed by atoms with van der Waals surface area (Å²) in [6.45, 7) is 0. The zero-order valence-electron chi connectivity index (χ0n) is 11.0. The van der Waals surface area contributed by atoms with Crippen molar-refractivity contribution in [3.63, 3.8) is 0 Å². The monoisotopic (exact) mass is 264 g/mol. The lowest BCUT2D eigenvalue weighted by atomic mass is 9.93. The average Bonchev–Trinajstić information content (AvgIpc) is 2.34. The Hall–Kier alpha value is -0.860. The summed E-state index contributed by atoms with van der Waals surface area (Å²) in [6, 6.07) is 4.17. The van der Waals surface area contributed by atoms with E-state index in [1.807, 2.05) is 19.2 Å². The van der Waals surface area contributed by atoms with Gasteiger partial charge in [-0.15, -0.1) is 0 Å². The van der Waals surface area contributed by atoms with Crippen molar-refractivity contribution in [3.05, 3.63) is 40.7 Å². The third kappa shape index (κ3) is 3.56. The van der Waals surface area contributed by atoms with Gasteiger partial charge in [0.25, 0.3) is 0 Å². The first kappa shape index (κ1) is 13.6. The van der Waals surface area contributed by atoms with Crippen molar-refractivity contribution >= 4 is 11.6 Å². The Kier molecular flexibility index (Phi) is 5.21. The number of pyridine rings is 1. The number of nitrogens with zero attached hydrogens (tertiary/aromatic N) is 1. The molecular formula is C15H21ClN2. The lowest BCUT2D eigenvalue weighted by molar-refractivity contribution is 0.567. The van der Waals surface area contributed by atoms with Crippen LogP contribution in [0.5, 0.6) is 0 Å². The Morgan fingerprint density at radius 1 is 1.22 bits per heavy atom. The van der Waals surface area contributed by atoms with Crippen molar-refractivity contribution in [2.75, 3.05) is 7.05 Å². The van der Waals surface area contributed by atoms with Gasteiger partial charge in [-0.3, -0.25) is 4.98 Å². The van der Waals surface area contributed by atoms with Crippen LogP contribution in [0.3, 0.4) is 0 Å². The van der Waals surface area contributed by atoms with Gasteiger partial charge in [-0.2, -0.15) is 0 Å². The molecule has 0 radical (unpaired) electrons. The number of halogens is 1. The highest BCUT2D eigenvalue weighted by Gasteiger charge is 2.16. The minimum absolute atomic E-state index is 0.236. The van der Waals surface area contributed by atoms with Crippen LogP contribution in [0.15, 0.2) is 30.0 Å². The van der Waals surface area contributed by atoms with Crippen molar-refractivity contribution in [1.29, 1.82) is 0 Å². The van der Waals surface area contributed by atoms with Crippen LogP contribution in [0.2, 0.25) is 5.02 Å². The van der Waals surface area contributed by atoms with Crippen LogP contribution in [0, 0.1) is 0 Å². The van der Waals surface area contributed by atoms with E-state index in [0.29, 0.717) is 5.02 Å². The van der Waals surface area contributed by atoms with E-state index >= 15 is 0 Å². The Morgan fingerprint density at radius 2 is 2.06 bits per heavy atom. The minimum Gasteiger partial charge on any atom is -0.308 e. The molecule has 1 heterocycles. The van der Waals surface area contributed by atoms with Crippen molar-refractivity contribution in [1.82, 2.24) is 10.3 Å². The molecule has 0 aromatic carbocycles. The molecule has 0 aliphatic heterocycles. The number of likely N-dealkylation sites (N-methyl/N-ethyl adjacent to an activating group) is 1. The molecule has 1 atom stereocenters. The minimum atomic E-state index is 0.236. The Morgan fingerprint density at radius 3 is 2.78 bits per heavy atom. The number of rotatable bonds is 3. The summed E-state index contributed by atoms with van der Waals surface area (Å²) in [5.41, 5.74) is 2.54. The highest BCUT2D eigenvalue weighted by atomic mass is 35.5. The quantitative estimate of drug-likeness (QED) is 0.825. The molecule has 0 spiro atoms. The molecule has 1 aromatic rings. The van der Waals surface area contributed by atoms with Gasteiger partial charge in [0.2, 0.25) is 0 Å². The molecule has 3 heteroatoms. The molecule has 2 nitrogen and oxygen atoms in total. The second kappa shape index (κ2) is 6.91. The van der Waals surface area contributed by atoms with Gasteiger partial charge in [0.1, 0.15) is 0 Å². The van der Waals surface area contributed by atoms with E-state index in [4.69, 9.17) is 11.6 Å². The van der Waals surface area contributed by atoms with Crippen LogP contribution >= 0.6 is 11.6 Å². The van der Waals surface area contributed by atoms with Crippen molar-refractivity contribution in [2.24, 2.45) is 0 Å². The smallest absolute Gasteiger partial charge is 0.0708 e. The summed E-state index contributed by atoms with van der Waals surface area (Å²) in [4.78, 5) is 4.44. The molecule has 1 aliphatic rings. The molecule has 18 heavy (non-hydrogen) atoms. The SMILES string of the molecule is CNC(/C1=C/CCCCCC1)c1ccc(Cl)cn1. The van der Waals surface area contributed by atoms with E-state index in [2.05, 4.69) is 16.4 Å². The van der Waals surface area contributed by atoms with Crippen molar-refractivity contribution < 1.29 is 0 Å². The predicted molar refractivity (Wildman–Crippen MR) is 76.8 cm³/mol. The first-order chi connectivity index (χ1) is 8.81. The van der Waals surface area contributed by atoms with Crippen LogP contribution < -0.4 is 5.32 Å². The lowest BCUT2D eigenvalue weighted by Gasteiger charge is -2.21. The maximum absolute atomic E-state index is 5.90. The Balaban J connectivity index is 2.18. The number of aromatic nitrogens is 1. The van der Waals surface area contributed by atoms with Gasteiger partial charge in [-0.05, 0) is 44.9 Å². The molecule has 1 unspecified atom stereocenters. The van der Waals surface area contributed by atoms with Crippen molar-refractivity contribution in [2.45, 2.75) is 44.6 Å². The molecule has 0 amide bonds. The zero-order valence-corrected chi connectivity index (χ0v) is 11.7. The van der Waals surface area contributed by atoms with Crippen LogP contribution in [0.4, 0.5) is 0 Å². The molecule has 0 bridgehead atoms. The normalized spacial score (nSPS) is 21.6. The van der Waals surface area contributed by atoms with E-state index < -0.39 is 0 Å². The molecule has 0 saturated heterocycles. The number of allylic oxidation sites excluding steroid dienone is 1. The standard InChI is InChI=1S/C15H21ClN2/c1-17-15(14-10-9-13(16)11-18-14)12-7-5-3-2-4-6-8-12/h7,9-11,15,17H,2-6,8H2,1H3/b12-7+. The van der Waals surface area contributed by atoms with E-state index in [0.717, 1.165) is 5.69 Å². The van der Waals surface area contributed by atoms with E-state index in [1.54, 1.807) is 6.20 Å². The van der Waals surface area contributed by atoms with Gasteiger partial charge in [-0.1, -0.05) is 36.1 Å². The highest BCUT2D eigenvalue weighted by Crippen LogP contribution is 2.27. The average molecular weight is 265 g/mol. The lowest BCUT2D eigenvalue weighted by Crippen LogP contribution is -2.20. The molecule has 0 saturated carbocycles. The van der Waals surface area contributed by atoms with Gasteiger partial charge in [0, 0.05) is 6.20 Å². The summed E-state index contributed by atoms with van der Waals surface area (Å²) in [5.74, 6) is 0. The first-order valence-electron chi connectivity index (χ1n) is 6.79. The fraction of sp³-hybridized carbons (Fsp3) is 0.533. The Bertz CT molecular complexity index is 397. The third-order valence-electron chi connectivity index (χ3n) is 3.53. The summed E-state index contributed by atoms with van der Waals surface area (Å²) < 4.78 is 0. The van der Waals surface area contributed by atoms with Crippen LogP contribution in [0.25, 0.3) is 0 Å². The van der Waals surface area contributed by atoms with Crippen molar-refractivity contribution in [3.8, 4) is 0 Å². The van der Waals surface area contributed by atoms with Gasteiger partial charge >= 0.3 is 0 Å². The third-order valence-corrected chi connectivity index (χ3v) is 3.76. The maximum atomic E-state index is 5.90. The number of nitrogens with one attached hydrogen (secondary N) is 1. The van der Waals surface area contributed by atoms with Crippen LogP contribution in [-0.4, -0.2) is 12.0 Å². The van der Waals surface area contributed by atoms with Gasteiger partial charge in [0.15, 0.2) is 0 Å². The zero-order chi connectivity index (χ0) is 12.8. The molecular weight excluding hydrogens is 244 g/mol. The van der Waals surface area contributed by atoms with Crippen LogP contribution in [-0.2, 0) is 0 Å². The summed E-state index contributed by atoms with van der Waals surface area (Å²) in [6.07, 6.45) is 11.8. The van der Waals surface area contributed by atoms with E-state index in [1.165, 1.54) is 44.1 Å². The second-order valence-corrected chi connectivity index (χ2v) is 5.29. The van der Waals surface area contributed by atoms with Crippen LogP contribution in [0.1, 0.15) is 50.3 Å². The number of hydrogen-bond acceptors (Lipinski definition) is 2. The van der Waals surface area contributed by atoms with Gasteiger partial charge in [0.05, 0.1) is 16.8 Å². The largest absolute Gasteiger partial charge is 0.308 e. The molecule has 2 rings (SSSR count). The second-order valence-electron chi connectivity index (χ2n) is 4.85. The summed E-state index contributed by atoms with van der Waals surface area (Å²) in [5, 5.41) is 4.08. The first-order valence-corrected chi connectivity index (χ1v) is 7.16. The molecule has 1 aromatic heterocycles. The topological polar surface area (TPSA) is 24.9 Å². The number of hydrogen-bond donors (Lipinski definition) is 1. The maximum Gasteiger partial charge on any atom is 0.0708 e. The molecule has 1 aliphatic carbocycles. The fourth-order valence-electron chi connectivity index (χ4n) is 2.56. The van der Waals surface area contributed by atoms with Gasteiger partial charge in [-0.25, -0.2) is 0 Å². The van der Waals surface area contributed by atoms with Gasteiger partial charge < -0.3 is 5.32 Å².